The molecule has 3 aliphatic heterocycles. The number of carbonyl (C=O) groups is 2. The fourth-order valence-corrected chi connectivity index (χ4v) is 4.96. The summed E-state index contributed by atoms with van der Waals surface area (Å²) in [6.45, 7) is 7.94. The van der Waals surface area contributed by atoms with Crippen LogP contribution in [0.3, 0.4) is 0 Å². The lowest BCUT2D eigenvalue weighted by Crippen LogP contribution is -2.73. The third-order valence-corrected chi connectivity index (χ3v) is 6.46. The highest BCUT2D eigenvalue weighted by molar-refractivity contribution is 6.10. The first kappa shape index (κ1) is 18.2. The third kappa shape index (κ3) is 1.93. The highest BCUT2D eigenvalue weighted by Crippen LogP contribution is 2.62. The van der Waals surface area contributed by atoms with Gasteiger partial charge >= 0.3 is 0 Å². The average Bonchev–Trinajstić information content (AvgIpc) is 3.39. The predicted octanol–water partition coefficient (Wildman–Crippen LogP) is 2.39. The molecule has 1 saturated heterocycles. The lowest BCUT2D eigenvalue weighted by atomic mass is 9.57. The Morgan fingerprint density at radius 3 is 2.70 bits per heavy atom. The molecular weight excluding hydrogens is 382 g/mol. The second-order valence-electron chi connectivity index (χ2n) is 8.28. The molecule has 2 amide bonds. The van der Waals surface area contributed by atoms with Gasteiger partial charge in [0, 0.05) is 11.1 Å². The Bertz CT molecular complexity index is 1160. The molecule has 2 atom stereocenters. The first-order valence-corrected chi connectivity index (χ1v) is 9.58. The Balaban J connectivity index is 1.86. The van der Waals surface area contributed by atoms with Gasteiger partial charge in [0.2, 0.25) is 5.79 Å². The van der Waals surface area contributed by atoms with E-state index < -0.39 is 34.2 Å². The van der Waals surface area contributed by atoms with E-state index in [2.05, 4.69) is 27.2 Å². The summed E-state index contributed by atoms with van der Waals surface area (Å²) in [5, 5.41) is 17.2. The van der Waals surface area contributed by atoms with Crippen LogP contribution in [-0.2, 0) is 15.0 Å². The maximum Gasteiger partial charge on any atom is 0.296 e. The summed E-state index contributed by atoms with van der Waals surface area (Å²) in [4.78, 5) is 34.6. The van der Waals surface area contributed by atoms with Crippen molar-refractivity contribution in [1.29, 1.82) is 0 Å². The van der Waals surface area contributed by atoms with Crippen molar-refractivity contribution in [2.75, 3.05) is 5.32 Å². The molecule has 1 aromatic carbocycles. The van der Waals surface area contributed by atoms with Crippen LogP contribution in [0.5, 0.6) is 0 Å². The molecule has 0 radical (unpaired) electrons. The molecule has 0 saturated carbocycles. The van der Waals surface area contributed by atoms with Gasteiger partial charge in [0.05, 0.1) is 23.6 Å². The molecule has 1 aromatic heterocycles. The van der Waals surface area contributed by atoms with Crippen molar-refractivity contribution in [3.05, 3.63) is 78.2 Å². The number of aliphatic hydroxyl groups excluding tert-OH is 1. The van der Waals surface area contributed by atoms with Crippen LogP contribution in [0.2, 0.25) is 0 Å². The Kier molecular flexibility index (Phi) is 3.42. The molecule has 30 heavy (non-hydrogen) atoms. The van der Waals surface area contributed by atoms with Gasteiger partial charge in [-0.1, -0.05) is 38.1 Å². The van der Waals surface area contributed by atoms with Gasteiger partial charge in [-0.05, 0) is 23.8 Å². The summed E-state index contributed by atoms with van der Waals surface area (Å²) in [7, 11) is 0. The van der Waals surface area contributed by atoms with Gasteiger partial charge < -0.3 is 20.7 Å². The van der Waals surface area contributed by atoms with Crippen molar-refractivity contribution >= 4 is 23.6 Å². The Hall–Kier alpha value is -3.81. The summed E-state index contributed by atoms with van der Waals surface area (Å²) < 4.78 is 0. The highest BCUT2D eigenvalue weighted by Gasteiger charge is 2.73. The molecule has 1 fully saturated rings. The average molecular weight is 403 g/mol. The zero-order chi connectivity index (χ0) is 21.3. The minimum Gasteiger partial charge on any atom is -0.503 e. The molecular formula is C22H21N5O3. The van der Waals surface area contributed by atoms with Crippen LogP contribution >= 0.6 is 0 Å². The molecule has 0 unspecified atom stereocenters. The first-order chi connectivity index (χ1) is 14.3. The van der Waals surface area contributed by atoms with E-state index in [1.165, 1.54) is 11.2 Å². The van der Waals surface area contributed by atoms with Crippen molar-refractivity contribution in [2.45, 2.75) is 25.0 Å². The van der Waals surface area contributed by atoms with E-state index >= 15 is 0 Å². The third-order valence-electron chi connectivity index (χ3n) is 6.46. The van der Waals surface area contributed by atoms with E-state index in [0.717, 1.165) is 11.3 Å². The van der Waals surface area contributed by atoms with Crippen molar-refractivity contribution in [3.8, 4) is 0 Å². The molecule has 3 aliphatic rings. The van der Waals surface area contributed by atoms with Crippen LogP contribution in [0.25, 0.3) is 6.08 Å². The van der Waals surface area contributed by atoms with E-state index in [9.17, 15) is 14.7 Å². The molecule has 8 heteroatoms. The normalized spacial score (nSPS) is 28.4. The van der Waals surface area contributed by atoms with E-state index in [-0.39, 0.29) is 5.70 Å². The van der Waals surface area contributed by atoms with Crippen LogP contribution in [-0.4, -0.2) is 37.6 Å². The van der Waals surface area contributed by atoms with Crippen molar-refractivity contribution < 1.29 is 14.7 Å². The molecule has 2 aromatic rings. The molecule has 0 aliphatic carbocycles. The zero-order valence-electron chi connectivity index (χ0n) is 16.6. The fourth-order valence-electron chi connectivity index (χ4n) is 4.96. The number of para-hydroxylation sites is 1. The number of aromatic amines is 1. The topological polar surface area (TPSA) is 110 Å². The minimum absolute atomic E-state index is 0.105. The fraction of sp³-hybridized carbons (Fsp3) is 0.227. The minimum atomic E-state index is -1.35. The number of hydrogen-bond acceptors (Lipinski definition) is 5. The summed E-state index contributed by atoms with van der Waals surface area (Å²) >= 11 is 0. The number of allylic oxidation sites excluding steroid dienone is 1. The standard InChI is InChI=1S/C22H21N5O3/c1-4-20(2,3)21-10-17(28)19(30)27-16(9-13-11-23-12-24-13)18(29)26-22(21,27)25-15-8-6-5-7-14(15)21/h4-12,25,28H,1H2,2-3H3,(H,23,24)(H,26,29)/b16-9+/t21-,22-/m0/s1. The second-order valence-corrected chi connectivity index (χ2v) is 8.28. The van der Waals surface area contributed by atoms with E-state index in [4.69, 9.17) is 0 Å². The largest absolute Gasteiger partial charge is 0.503 e. The van der Waals surface area contributed by atoms with Crippen LogP contribution < -0.4 is 10.6 Å². The van der Waals surface area contributed by atoms with Gasteiger partial charge in [0.15, 0.2) is 5.76 Å². The molecule has 152 valence electrons. The number of carbonyl (C=O) groups excluding carboxylic acids is 2. The Morgan fingerprint density at radius 1 is 1.23 bits per heavy atom. The number of anilines is 1. The summed E-state index contributed by atoms with van der Waals surface area (Å²) in [5.74, 6) is -2.88. The van der Waals surface area contributed by atoms with Crippen LogP contribution in [0.1, 0.15) is 25.1 Å². The molecule has 4 N–H and O–H groups in total. The van der Waals surface area contributed by atoms with Gasteiger partial charge in [-0.3, -0.25) is 14.5 Å². The number of aromatic nitrogens is 2. The number of fused-ring (bicyclic) bond motifs is 2. The summed E-state index contributed by atoms with van der Waals surface area (Å²) in [5.41, 5.74) is 0.587. The lowest BCUT2D eigenvalue weighted by molar-refractivity contribution is -0.136. The molecule has 8 nitrogen and oxygen atoms in total. The maximum absolute atomic E-state index is 13.2. The van der Waals surface area contributed by atoms with Gasteiger partial charge in [-0.15, -0.1) is 6.58 Å². The smallest absolute Gasteiger partial charge is 0.296 e. The number of imidazole rings is 1. The maximum atomic E-state index is 13.2. The molecule has 1 spiro atoms. The molecule has 0 bridgehead atoms. The quantitative estimate of drug-likeness (QED) is 0.465. The van der Waals surface area contributed by atoms with Crippen molar-refractivity contribution in [1.82, 2.24) is 20.2 Å². The number of rotatable bonds is 3. The Labute approximate surface area is 173 Å². The van der Waals surface area contributed by atoms with Crippen LogP contribution in [0, 0.1) is 5.41 Å². The summed E-state index contributed by atoms with van der Waals surface area (Å²) in [6, 6.07) is 7.59. The number of amides is 2. The molecule has 5 rings (SSSR count). The number of aliphatic hydroxyl groups is 1. The van der Waals surface area contributed by atoms with Gasteiger partial charge in [-0.2, -0.15) is 0 Å². The Morgan fingerprint density at radius 2 is 2.00 bits per heavy atom. The highest BCUT2D eigenvalue weighted by atomic mass is 16.3. The number of benzene rings is 1. The van der Waals surface area contributed by atoms with Crippen LogP contribution in [0.4, 0.5) is 5.69 Å². The van der Waals surface area contributed by atoms with Gasteiger partial charge in [0.25, 0.3) is 11.8 Å². The number of hydrogen-bond donors (Lipinski definition) is 4. The number of H-pyrrole nitrogens is 1. The van der Waals surface area contributed by atoms with E-state index in [0.29, 0.717) is 5.69 Å². The van der Waals surface area contributed by atoms with Gasteiger partial charge in [0.1, 0.15) is 5.70 Å². The van der Waals surface area contributed by atoms with E-state index in [1.807, 2.05) is 38.1 Å². The van der Waals surface area contributed by atoms with E-state index in [1.54, 1.807) is 24.4 Å². The lowest BCUT2D eigenvalue weighted by Gasteiger charge is -2.54. The van der Waals surface area contributed by atoms with Crippen molar-refractivity contribution in [2.24, 2.45) is 5.41 Å². The SMILES string of the molecule is C=CC(C)(C)[C@@]12C=C(O)C(=O)N3/C(=C/c4cnc[nH]4)C(=O)N[C@]31Nc1ccccc12. The predicted molar refractivity (Wildman–Crippen MR) is 111 cm³/mol. The zero-order valence-corrected chi connectivity index (χ0v) is 16.6. The number of nitrogens with zero attached hydrogens (tertiary/aromatic N) is 2. The first-order valence-electron chi connectivity index (χ1n) is 9.58. The summed E-state index contributed by atoms with van der Waals surface area (Å²) in [6.07, 6.45) is 7.90. The second kappa shape index (κ2) is 5.63. The van der Waals surface area contributed by atoms with Crippen molar-refractivity contribution in [3.63, 3.8) is 0 Å². The van der Waals surface area contributed by atoms with Crippen LogP contribution in [0.15, 0.2) is 67.0 Å². The van der Waals surface area contributed by atoms with Gasteiger partial charge in [-0.25, -0.2) is 4.98 Å². The monoisotopic (exact) mass is 403 g/mol. The number of nitrogens with one attached hydrogen (secondary N) is 3. The molecule has 4 heterocycles.